The number of aliphatic hydroxyl groups excluding tert-OH is 10. The van der Waals surface area contributed by atoms with E-state index >= 15 is 0 Å². The Balaban J connectivity index is 1.05. The zero-order chi connectivity index (χ0) is 49.1. The average molecular weight is 957 g/mol. The molecule has 0 spiro atoms. The summed E-state index contributed by atoms with van der Waals surface area (Å²) in [5, 5.41) is 115. The van der Waals surface area contributed by atoms with E-state index < -0.39 is 134 Å². The quantitative estimate of drug-likeness (QED) is 0.0838. The second-order valence-electron chi connectivity index (χ2n) is 23.5. The largest absolute Gasteiger partial charge is 0.479 e. The summed E-state index contributed by atoms with van der Waals surface area (Å²) in [4.78, 5) is 27.0. The van der Waals surface area contributed by atoms with Gasteiger partial charge in [0.15, 0.2) is 18.7 Å². The van der Waals surface area contributed by atoms with Gasteiger partial charge in [-0.25, -0.2) is 4.79 Å². The summed E-state index contributed by atoms with van der Waals surface area (Å²) in [5.74, 6) is -1.94. The van der Waals surface area contributed by atoms with Crippen LogP contribution < -0.4 is 0 Å². The average Bonchev–Trinajstić information content (AvgIpc) is 3.26. The molecule has 3 heterocycles. The molecule has 7 fully saturated rings. The van der Waals surface area contributed by atoms with Crippen molar-refractivity contribution >= 4 is 11.9 Å². The fraction of sp³-hybridized carbons (Fsp3) is 0.917. The summed E-state index contributed by atoms with van der Waals surface area (Å²) in [6.07, 6.45) is -16.4. The molecular formula is C48H76O19. The van der Waals surface area contributed by atoms with Crippen LogP contribution in [0.1, 0.15) is 113 Å². The monoisotopic (exact) mass is 956 g/mol. The molecule has 0 amide bonds. The number of carbonyl (C=O) groups is 2. The topological polar surface area (TPSA) is 312 Å². The van der Waals surface area contributed by atoms with E-state index in [9.17, 15) is 65.8 Å². The van der Waals surface area contributed by atoms with Crippen LogP contribution in [-0.4, -0.2) is 180 Å². The zero-order valence-corrected chi connectivity index (χ0v) is 39.7. The van der Waals surface area contributed by atoms with Gasteiger partial charge >= 0.3 is 11.9 Å². The Hall–Kier alpha value is -1.92. The minimum Gasteiger partial charge on any atom is -0.479 e. The van der Waals surface area contributed by atoms with Gasteiger partial charge in [-0.05, 0) is 109 Å². The van der Waals surface area contributed by atoms with Gasteiger partial charge in [0.1, 0.15) is 67.1 Å². The van der Waals surface area contributed by atoms with Gasteiger partial charge in [-0.3, -0.25) is 4.79 Å². The van der Waals surface area contributed by atoms with E-state index in [0.29, 0.717) is 25.7 Å². The maximum absolute atomic E-state index is 14.7. The molecule has 19 nitrogen and oxygen atoms in total. The first-order valence-corrected chi connectivity index (χ1v) is 24.3. The number of hydrogen-bond acceptors (Lipinski definition) is 18. The summed E-state index contributed by atoms with van der Waals surface area (Å²) in [6, 6.07) is 0. The fourth-order valence-corrected chi connectivity index (χ4v) is 15.0. The Morgan fingerprint density at radius 1 is 0.642 bits per heavy atom. The molecule has 5 aliphatic carbocycles. The first-order valence-electron chi connectivity index (χ1n) is 24.3. The van der Waals surface area contributed by atoms with Gasteiger partial charge in [0, 0.05) is 0 Å². The highest BCUT2D eigenvalue weighted by Gasteiger charge is 2.70. The number of rotatable bonds is 9. The molecule has 3 saturated heterocycles. The molecule has 1 unspecified atom stereocenters. The number of fused-ring (bicyclic) bond motifs is 7. The minimum atomic E-state index is -1.98. The summed E-state index contributed by atoms with van der Waals surface area (Å²) in [6.45, 7) is 14.4. The van der Waals surface area contributed by atoms with Crippen LogP contribution in [0.4, 0.5) is 0 Å². The second-order valence-corrected chi connectivity index (χ2v) is 23.5. The van der Waals surface area contributed by atoms with Crippen LogP contribution in [0.25, 0.3) is 0 Å². The van der Waals surface area contributed by atoms with Crippen molar-refractivity contribution in [1.29, 1.82) is 0 Å². The third-order valence-corrected chi connectivity index (χ3v) is 19.3. The standard InChI is InChI=1S/C48H76O19/c1-43(2)14-16-48(42(61)67-40-35(58)31(54)29(52)24(20-50)63-40)17-15-46(6)21(22(48)18-43)8-9-26-45(5)12-11-27(44(3,4)25(45)10-13-47(26,46)7)64-41-37(33(56)32(55)36(65-41)38(59)60)66-39-34(57)30(53)28(51)23(19-49)62-39/h8,22-37,39-41,49-58H,9-20H2,1-7H3,(H,59,60)/t22-,23+,24?,25-,26+,27-,28+,29+,30-,31-,32-,33-,34+,35+,36-,37+,39-,40-,41+,45-,46+,47+,48-/m0/s1. The van der Waals surface area contributed by atoms with Crippen molar-refractivity contribution in [1.82, 2.24) is 0 Å². The van der Waals surface area contributed by atoms with Crippen molar-refractivity contribution in [2.75, 3.05) is 13.2 Å². The molecule has 8 aliphatic rings. The van der Waals surface area contributed by atoms with Crippen LogP contribution in [0.5, 0.6) is 0 Å². The zero-order valence-electron chi connectivity index (χ0n) is 39.7. The van der Waals surface area contributed by atoms with Crippen molar-refractivity contribution < 1.29 is 94.2 Å². The van der Waals surface area contributed by atoms with E-state index in [4.69, 9.17) is 28.4 Å². The Morgan fingerprint density at radius 2 is 1.24 bits per heavy atom. The molecule has 0 bridgehead atoms. The smallest absolute Gasteiger partial charge is 0.335 e. The molecule has 8 rings (SSSR count). The van der Waals surface area contributed by atoms with Crippen LogP contribution in [0.15, 0.2) is 11.6 Å². The van der Waals surface area contributed by atoms with Gasteiger partial charge in [-0.2, -0.15) is 0 Å². The first-order chi connectivity index (χ1) is 31.2. The molecule has 0 aromatic carbocycles. The van der Waals surface area contributed by atoms with Crippen molar-refractivity contribution in [2.24, 2.45) is 50.2 Å². The van der Waals surface area contributed by atoms with Gasteiger partial charge in [-0.15, -0.1) is 0 Å². The summed E-state index contributed by atoms with van der Waals surface area (Å²) >= 11 is 0. The lowest BCUT2D eigenvalue weighted by atomic mass is 9.33. The molecule has 4 saturated carbocycles. The van der Waals surface area contributed by atoms with Crippen molar-refractivity contribution in [3.63, 3.8) is 0 Å². The van der Waals surface area contributed by atoms with Crippen molar-refractivity contribution in [2.45, 2.75) is 211 Å². The van der Waals surface area contributed by atoms with E-state index in [1.165, 1.54) is 5.57 Å². The van der Waals surface area contributed by atoms with Crippen molar-refractivity contribution in [3.8, 4) is 0 Å². The number of aliphatic hydroxyl groups is 10. The number of carboxylic acids is 1. The summed E-state index contributed by atoms with van der Waals surface area (Å²) in [5.41, 5.74) is -1.05. The molecule has 19 heteroatoms. The Morgan fingerprint density at radius 3 is 1.85 bits per heavy atom. The lowest BCUT2D eigenvalue weighted by Crippen LogP contribution is -2.67. The molecular weight excluding hydrogens is 881 g/mol. The highest BCUT2D eigenvalue weighted by molar-refractivity contribution is 5.79. The highest BCUT2D eigenvalue weighted by atomic mass is 16.8. The van der Waals surface area contributed by atoms with Crippen LogP contribution >= 0.6 is 0 Å². The third kappa shape index (κ3) is 8.06. The molecule has 3 aliphatic heterocycles. The number of ether oxygens (including phenoxy) is 6. The maximum atomic E-state index is 14.7. The lowest BCUT2D eigenvalue weighted by molar-refractivity contribution is -0.374. The second kappa shape index (κ2) is 18.0. The molecule has 11 N–H and O–H groups in total. The lowest BCUT2D eigenvalue weighted by Gasteiger charge is -2.71. The Labute approximate surface area is 391 Å². The molecule has 0 aromatic rings. The van der Waals surface area contributed by atoms with Gasteiger partial charge in [0.2, 0.25) is 6.29 Å². The van der Waals surface area contributed by atoms with E-state index in [1.54, 1.807) is 0 Å². The maximum Gasteiger partial charge on any atom is 0.335 e. The molecule has 0 aromatic heterocycles. The Kier molecular flexibility index (Phi) is 13.8. The van der Waals surface area contributed by atoms with E-state index in [-0.39, 0.29) is 39.4 Å². The SMILES string of the molecule is CC1(C)CC[C@]2(C(=O)O[C@@H]3OC(CO)[C@@H](O)[C@H](O)[C@H]3O)CC[C@]3(C)C(=CC[C@@H]4[C@@]5(C)CC[C@H](O[C@@H]6O[C@H](C(=O)O)[C@@H](O)[C@H](O)[C@H]6O[C@@H]6O[C@H](CO)[C@@H](O)[C@H](O)[C@H]6O)C(C)(C)[C@@H]5CC[C@]43C)[C@@H]2C1. The van der Waals surface area contributed by atoms with Crippen LogP contribution in [0.2, 0.25) is 0 Å². The third-order valence-electron chi connectivity index (χ3n) is 19.3. The number of aliphatic carboxylic acids is 1. The van der Waals surface area contributed by atoms with Crippen LogP contribution in [0, 0.1) is 50.2 Å². The summed E-state index contributed by atoms with van der Waals surface area (Å²) in [7, 11) is 0. The highest BCUT2D eigenvalue weighted by Crippen LogP contribution is 2.76. The van der Waals surface area contributed by atoms with Gasteiger partial charge in [0.25, 0.3) is 0 Å². The van der Waals surface area contributed by atoms with Gasteiger partial charge in [-0.1, -0.05) is 60.1 Å². The molecule has 0 radical (unpaired) electrons. The van der Waals surface area contributed by atoms with Crippen LogP contribution in [-0.2, 0) is 38.0 Å². The number of carboxylic acid groups (broad SMARTS) is 1. The van der Waals surface area contributed by atoms with Crippen LogP contribution in [0.3, 0.4) is 0 Å². The minimum absolute atomic E-state index is 0.0828. The van der Waals surface area contributed by atoms with Gasteiger partial charge in [0.05, 0.1) is 24.7 Å². The van der Waals surface area contributed by atoms with E-state index in [1.807, 2.05) is 0 Å². The number of hydrogen-bond donors (Lipinski definition) is 11. The molecule has 382 valence electrons. The summed E-state index contributed by atoms with van der Waals surface area (Å²) < 4.78 is 35.7. The molecule has 67 heavy (non-hydrogen) atoms. The van der Waals surface area contributed by atoms with Crippen molar-refractivity contribution in [3.05, 3.63) is 11.6 Å². The molecule has 23 atom stereocenters. The predicted octanol–water partition coefficient (Wildman–Crippen LogP) is 0.233. The fourth-order valence-electron chi connectivity index (χ4n) is 15.0. The predicted molar refractivity (Wildman–Crippen MR) is 231 cm³/mol. The Bertz CT molecular complexity index is 1870. The normalized spacial score (nSPS) is 52.6. The van der Waals surface area contributed by atoms with E-state index in [2.05, 4.69) is 54.5 Å². The van der Waals surface area contributed by atoms with E-state index in [0.717, 1.165) is 38.5 Å². The number of carbonyl (C=O) groups excluding carboxylic acids is 1. The van der Waals surface area contributed by atoms with Gasteiger partial charge < -0.3 is 84.6 Å². The first kappa shape index (κ1) is 51.4. The number of allylic oxidation sites excluding steroid dienone is 2. The number of esters is 1.